The van der Waals surface area contributed by atoms with E-state index >= 15 is 0 Å². The number of nitrogens with zero attached hydrogens (tertiary/aromatic N) is 1. The number of rotatable bonds is 2. The number of hydrogen-bond donors (Lipinski definition) is 1. The predicted molar refractivity (Wildman–Crippen MR) is 76.3 cm³/mol. The van der Waals surface area contributed by atoms with E-state index in [4.69, 9.17) is 4.74 Å². The van der Waals surface area contributed by atoms with Crippen molar-refractivity contribution in [1.82, 2.24) is 0 Å². The van der Waals surface area contributed by atoms with Gasteiger partial charge in [-0.3, -0.25) is 0 Å². The molecule has 0 amide bonds. The molecule has 1 aromatic rings. The van der Waals surface area contributed by atoms with Gasteiger partial charge in [-0.05, 0) is 42.0 Å². The Labute approximate surface area is 120 Å². The molecule has 1 aliphatic carbocycles. The van der Waals surface area contributed by atoms with Crippen LogP contribution in [0.15, 0.2) is 18.2 Å². The summed E-state index contributed by atoms with van der Waals surface area (Å²) >= 11 is 0. The highest BCUT2D eigenvalue weighted by Gasteiger charge is 2.42. The minimum Gasteiger partial charge on any atom is -0.493 e. The zero-order valence-corrected chi connectivity index (χ0v) is 11.9. The summed E-state index contributed by atoms with van der Waals surface area (Å²) in [5, 5.41) is 20.4. The molecule has 3 heteroatoms. The van der Waals surface area contributed by atoms with Crippen LogP contribution in [0.5, 0.6) is 5.75 Å². The molecule has 0 saturated heterocycles. The van der Waals surface area contributed by atoms with Crippen molar-refractivity contribution in [3.8, 4) is 11.8 Å². The van der Waals surface area contributed by atoms with Crippen molar-refractivity contribution in [2.24, 2.45) is 11.3 Å². The van der Waals surface area contributed by atoms with Gasteiger partial charge >= 0.3 is 0 Å². The molecule has 3 rings (SSSR count). The summed E-state index contributed by atoms with van der Waals surface area (Å²) in [6.07, 6.45) is 3.97. The van der Waals surface area contributed by atoms with Gasteiger partial charge in [0.2, 0.25) is 0 Å². The predicted octanol–water partition coefficient (Wildman–Crippen LogP) is 3.37. The van der Waals surface area contributed by atoms with Crippen LogP contribution in [0.4, 0.5) is 0 Å². The van der Waals surface area contributed by atoms with Gasteiger partial charge in [-0.2, -0.15) is 5.26 Å². The first-order valence-electron chi connectivity index (χ1n) is 7.49. The quantitative estimate of drug-likeness (QED) is 0.897. The number of fused-ring (bicyclic) bond motifs is 1. The summed E-state index contributed by atoms with van der Waals surface area (Å²) in [7, 11) is 0. The fraction of sp³-hybridized carbons (Fsp3) is 0.588. The fourth-order valence-electron chi connectivity index (χ4n) is 3.70. The van der Waals surface area contributed by atoms with Crippen LogP contribution in [0.2, 0.25) is 0 Å². The van der Waals surface area contributed by atoms with E-state index < -0.39 is 11.5 Å². The van der Waals surface area contributed by atoms with Gasteiger partial charge in [-0.15, -0.1) is 0 Å². The van der Waals surface area contributed by atoms with Gasteiger partial charge < -0.3 is 9.84 Å². The average Bonchev–Trinajstić information content (AvgIpc) is 2.93. The third-order valence-electron chi connectivity index (χ3n) is 4.81. The Morgan fingerprint density at radius 1 is 1.50 bits per heavy atom. The Morgan fingerprint density at radius 3 is 3.10 bits per heavy atom. The van der Waals surface area contributed by atoms with Crippen LogP contribution in [0.1, 0.15) is 49.8 Å². The second kappa shape index (κ2) is 5.10. The van der Waals surface area contributed by atoms with Crippen LogP contribution in [0.3, 0.4) is 0 Å². The van der Waals surface area contributed by atoms with Crippen LogP contribution in [0.25, 0.3) is 0 Å². The number of hydrogen-bond acceptors (Lipinski definition) is 3. The smallest absolute Gasteiger partial charge is 0.122 e. The molecule has 0 aromatic heterocycles. The first kappa shape index (κ1) is 13.5. The largest absolute Gasteiger partial charge is 0.493 e. The lowest BCUT2D eigenvalue weighted by Gasteiger charge is -2.38. The van der Waals surface area contributed by atoms with Gasteiger partial charge in [0.15, 0.2) is 0 Å². The SMILES string of the molecule is CC1CCCC(C#N)(C(O)c2ccc3c(c2)CCO3)C1. The number of nitriles is 1. The van der Waals surface area contributed by atoms with Gasteiger partial charge in [-0.1, -0.05) is 25.8 Å². The van der Waals surface area contributed by atoms with E-state index in [1.807, 2.05) is 18.2 Å². The third kappa shape index (κ3) is 2.19. The molecule has 1 fully saturated rings. The second-order valence-corrected chi connectivity index (χ2v) is 6.34. The number of ether oxygens (including phenoxy) is 1. The number of aliphatic hydroxyl groups is 1. The highest BCUT2D eigenvalue weighted by atomic mass is 16.5. The number of benzene rings is 1. The maximum Gasteiger partial charge on any atom is 0.122 e. The molecule has 0 spiro atoms. The summed E-state index contributed by atoms with van der Waals surface area (Å²) in [6.45, 7) is 2.89. The zero-order valence-electron chi connectivity index (χ0n) is 11.9. The Hall–Kier alpha value is -1.53. The van der Waals surface area contributed by atoms with Crippen molar-refractivity contribution in [1.29, 1.82) is 5.26 Å². The van der Waals surface area contributed by atoms with Gasteiger partial charge in [0.25, 0.3) is 0 Å². The first-order chi connectivity index (χ1) is 9.64. The topological polar surface area (TPSA) is 53.2 Å². The molecule has 20 heavy (non-hydrogen) atoms. The van der Waals surface area contributed by atoms with Crippen LogP contribution in [-0.4, -0.2) is 11.7 Å². The Balaban J connectivity index is 1.90. The Kier molecular flexibility index (Phi) is 3.43. The van der Waals surface area contributed by atoms with Crippen LogP contribution in [-0.2, 0) is 6.42 Å². The second-order valence-electron chi connectivity index (χ2n) is 6.34. The van der Waals surface area contributed by atoms with E-state index in [9.17, 15) is 10.4 Å². The maximum atomic E-state index is 10.8. The van der Waals surface area contributed by atoms with Crippen molar-refractivity contribution in [2.75, 3.05) is 6.61 Å². The molecule has 0 bridgehead atoms. The molecular formula is C17H21NO2. The van der Waals surface area contributed by atoms with Gasteiger partial charge in [-0.25, -0.2) is 0 Å². The lowest BCUT2D eigenvalue weighted by Crippen LogP contribution is -2.33. The summed E-state index contributed by atoms with van der Waals surface area (Å²) < 4.78 is 5.50. The molecule has 1 saturated carbocycles. The molecule has 3 unspecified atom stereocenters. The lowest BCUT2D eigenvalue weighted by atomic mass is 9.66. The van der Waals surface area contributed by atoms with E-state index in [2.05, 4.69) is 13.0 Å². The molecule has 1 heterocycles. The highest BCUT2D eigenvalue weighted by molar-refractivity contribution is 5.41. The minimum absolute atomic E-state index is 0.510. The van der Waals surface area contributed by atoms with Gasteiger partial charge in [0, 0.05) is 6.42 Å². The normalized spacial score (nSPS) is 30.1. The maximum absolute atomic E-state index is 10.8. The average molecular weight is 271 g/mol. The van der Waals surface area contributed by atoms with Crippen molar-refractivity contribution in [3.63, 3.8) is 0 Å². The molecule has 3 atom stereocenters. The minimum atomic E-state index is -0.693. The van der Waals surface area contributed by atoms with E-state index in [1.54, 1.807) is 0 Å². The molecule has 0 radical (unpaired) electrons. The van der Waals surface area contributed by atoms with Crippen molar-refractivity contribution in [3.05, 3.63) is 29.3 Å². The Morgan fingerprint density at radius 2 is 2.35 bits per heavy atom. The first-order valence-corrected chi connectivity index (χ1v) is 7.49. The van der Waals surface area contributed by atoms with E-state index in [1.165, 1.54) is 0 Å². The molecule has 106 valence electrons. The van der Waals surface area contributed by atoms with E-state index in [0.717, 1.165) is 55.6 Å². The summed E-state index contributed by atoms with van der Waals surface area (Å²) in [5.74, 6) is 1.43. The third-order valence-corrected chi connectivity index (χ3v) is 4.81. The molecule has 2 aliphatic rings. The van der Waals surface area contributed by atoms with Crippen LogP contribution < -0.4 is 4.74 Å². The van der Waals surface area contributed by atoms with E-state index in [0.29, 0.717) is 5.92 Å². The summed E-state index contributed by atoms with van der Waals surface area (Å²) in [6, 6.07) is 8.29. The molecule has 1 N–H and O–H groups in total. The van der Waals surface area contributed by atoms with Crippen LogP contribution in [0, 0.1) is 22.7 Å². The van der Waals surface area contributed by atoms with Crippen molar-refractivity contribution < 1.29 is 9.84 Å². The van der Waals surface area contributed by atoms with Crippen LogP contribution >= 0.6 is 0 Å². The summed E-state index contributed by atoms with van der Waals surface area (Å²) in [4.78, 5) is 0. The number of aliphatic hydroxyl groups excluding tert-OH is 1. The standard InChI is InChI=1S/C17H21NO2/c1-12-3-2-7-17(10-12,11-18)16(19)14-4-5-15-13(9-14)6-8-20-15/h4-5,9,12,16,19H,2-3,6-8,10H2,1H3. The summed E-state index contributed by atoms with van der Waals surface area (Å²) in [5.41, 5.74) is 1.40. The van der Waals surface area contributed by atoms with Gasteiger partial charge in [0.05, 0.1) is 24.2 Å². The van der Waals surface area contributed by atoms with Crippen molar-refractivity contribution >= 4 is 0 Å². The molecule has 1 aromatic carbocycles. The monoisotopic (exact) mass is 271 g/mol. The highest BCUT2D eigenvalue weighted by Crippen LogP contribution is 2.48. The lowest BCUT2D eigenvalue weighted by molar-refractivity contribution is 0.0219. The Bertz CT molecular complexity index is 548. The fourth-order valence-corrected chi connectivity index (χ4v) is 3.70. The molecular weight excluding hydrogens is 250 g/mol. The molecule has 3 nitrogen and oxygen atoms in total. The van der Waals surface area contributed by atoms with E-state index in [-0.39, 0.29) is 0 Å². The molecule has 1 aliphatic heterocycles. The zero-order chi connectivity index (χ0) is 14.2. The van der Waals surface area contributed by atoms with Crippen molar-refractivity contribution in [2.45, 2.75) is 45.1 Å². The van der Waals surface area contributed by atoms with Gasteiger partial charge in [0.1, 0.15) is 5.75 Å².